The Morgan fingerprint density at radius 1 is 1.25 bits per heavy atom. The molecule has 0 bridgehead atoms. The molecule has 0 aliphatic rings. The van der Waals surface area contributed by atoms with E-state index >= 15 is 0 Å². The van der Waals surface area contributed by atoms with Crippen molar-refractivity contribution in [2.75, 3.05) is 0 Å². The van der Waals surface area contributed by atoms with E-state index in [1.165, 1.54) is 11.3 Å². The normalized spacial score (nSPS) is 10.9. The van der Waals surface area contributed by atoms with Crippen LogP contribution in [-0.4, -0.2) is 9.38 Å². The summed E-state index contributed by atoms with van der Waals surface area (Å²) in [6.07, 6.45) is 2.06. The molecule has 0 aromatic carbocycles. The van der Waals surface area contributed by atoms with Crippen LogP contribution in [0.4, 0.5) is 0 Å². The van der Waals surface area contributed by atoms with E-state index in [0.717, 1.165) is 11.3 Å². The van der Waals surface area contributed by atoms with E-state index < -0.39 is 0 Å². The summed E-state index contributed by atoms with van der Waals surface area (Å²) in [7, 11) is 0. The second kappa shape index (κ2) is 2.34. The van der Waals surface area contributed by atoms with E-state index in [-0.39, 0.29) is 0 Å². The molecule has 2 rings (SSSR count). The molecule has 0 radical (unpaired) electrons. The van der Waals surface area contributed by atoms with Crippen LogP contribution < -0.4 is 0 Å². The van der Waals surface area contributed by atoms with Gasteiger partial charge in [-0.3, -0.25) is 0 Å². The highest BCUT2D eigenvalue weighted by atomic mass is 15.0. The molecule has 2 heterocycles. The first-order chi connectivity index (χ1) is 5.68. The molecule has 2 heteroatoms. The molecule has 0 atom stereocenters. The van der Waals surface area contributed by atoms with Gasteiger partial charge in [0, 0.05) is 17.6 Å². The third kappa shape index (κ3) is 0.916. The first-order valence-corrected chi connectivity index (χ1v) is 4.10. The molecule has 0 fully saturated rings. The fraction of sp³-hybridized carbons (Fsp3) is 0.300. The lowest BCUT2D eigenvalue weighted by Crippen LogP contribution is -1.94. The Bertz CT molecular complexity index is 427. The number of aromatic nitrogens is 2. The van der Waals surface area contributed by atoms with Crippen LogP contribution in [0.2, 0.25) is 0 Å². The van der Waals surface area contributed by atoms with Gasteiger partial charge in [-0.2, -0.15) is 0 Å². The van der Waals surface area contributed by atoms with Gasteiger partial charge in [0.1, 0.15) is 5.65 Å². The van der Waals surface area contributed by atoms with Gasteiger partial charge in [0.25, 0.3) is 0 Å². The maximum atomic E-state index is 4.46. The van der Waals surface area contributed by atoms with Crippen molar-refractivity contribution in [1.82, 2.24) is 9.38 Å². The van der Waals surface area contributed by atoms with Gasteiger partial charge in [-0.25, -0.2) is 4.98 Å². The van der Waals surface area contributed by atoms with Crippen molar-refractivity contribution in [2.45, 2.75) is 20.8 Å². The van der Waals surface area contributed by atoms with Crippen molar-refractivity contribution >= 4 is 5.65 Å². The van der Waals surface area contributed by atoms with E-state index in [9.17, 15) is 0 Å². The smallest absolute Gasteiger partial charge is 0.140 e. The molecule has 0 saturated heterocycles. The van der Waals surface area contributed by atoms with Gasteiger partial charge in [-0.05, 0) is 38.5 Å². The van der Waals surface area contributed by atoms with Crippen LogP contribution >= 0.6 is 0 Å². The van der Waals surface area contributed by atoms with Gasteiger partial charge in [-0.1, -0.05) is 0 Å². The zero-order valence-electron chi connectivity index (χ0n) is 7.63. The zero-order valence-corrected chi connectivity index (χ0v) is 7.63. The SMILES string of the molecule is Cc1cc(C)n2ccc(C)c2n1. The fourth-order valence-corrected chi connectivity index (χ4v) is 1.52. The monoisotopic (exact) mass is 160 g/mol. The molecule has 12 heavy (non-hydrogen) atoms. The maximum absolute atomic E-state index is 4.46. The van der Waals surface area contributed by atoms with Crippen molar-refractivity contribution in [3.8, 4) is 0 Å². The zero-order chi connectivity index (χ0) is 8.72. The van der Waals surface area contributed by atoms with Gasteiger partial charge in [0.15, 0.2) is 0 Å². The van der Waals surface area contributed by atoms with E-state index in [1.807, 2.05) is 6.92 Å². The molecule has 62 valence electrons. The standard InChI is InChI=1S/C10H12N2/c1-7-4-5-12-9(3)6-8(2)11-10(7)12/h4-6H,1-3H3. The molecule has 0 unspecified atom stereocenters. The molecule has 0 aliphatic carbocycles. The summed E-state index contributed by atoms with van der Waals surface area (Å²) in [6, 6.07) is 4.18. The molecule has 2 aromatic heterocycles. The summed E-state index contributed by atoms with van der Waals surface area (Å²) in [5, 5.41) is 0. The van der Waals surface area contributed by atoms with Gasteiger partial charge in [-0.15, -0.1) is 0 Å². The molecule has 0 N–H and O–H groups in total. The molecule has 0 spiro atoms. The summed E-state index contributed by atoms with van der Waals surface area (Å²) >= 11 is 0. The quantitative estimate of drug-likeness (QED) is 0.577. The number of rotatable bonds is 0. The predicted octanol–water partition coefficient (Wildman–Crippen LogP) is 2.26. The Labute approximate surface area is 71.9 Å². The molecular weight excluding hydrogens is 148 g/mol. The molecular formula is C10H12N2. The highest BCUT2D eigenvalue weighted by Gasteiger charge is 2.01. The summed E-state index contributed by atoms with van der Waals surface area (Å²) in [5.74, 6) is 0. The van der Waals surface area contributed by atoms with Crippen molar-refractivity contribution in [3.63, 3.8) is 0 Å². The van der Waals surface area contributed by atoms with E-state index in [0.29, 0.717) is 0 Å². The number of nitrogens with zero attached hydrogens (tertiary/aromatic N) is 2. The Balaban J connectivity index is 2.92. The molecule has 2 aromatic rings. The summed E-state index contributed by atoms with van der Waals surface area (Å²) in [6.45, 7) is 6.21. The van der Waals surface area contributed by atoms with Crippen LogP contribution in [0.3, 0.4) is 0 Å². The second-order valence-electron chi connectivity index (χ2n) is 3.23. The Kier molecular flexibility index (Phi) is 1.43. The highest BCUT2D eigenvalue weighted by Crippen LogP contribution is 2.12. The van der Waals surface area contributed by atoms with Crippen molar-refractivity contribution in [2.24, 2.45) is 0 Å². The number of fused-ring (bicyclic) bond motifs is 1. The van der Waals surface area contributed by atoms with Crippen LogP contribution in [0.5, 0.6) is 0 Å². The average molecular weight is 160 g/mol. The van der Waals surface area contributed by atoms with Crippen LogP contribution in [-0.2, 0) is 0 Å². The van der Waals surface area contributed by atoms with Gasteiger partial charge in [0.2, 0.25) is 0 Å². The molecule has 2 nitrogen and oxygen atoms in total. The van der Waals surface area contributed by atoms with Crippen molar-refractivity contribution in [1.29, 1.82) is 0 Å². The highest BCUT2D eigenvalue weighted by molar-refractivity contribution is 5.49. The minimum Gasteiger partial charge on any atom is -0.306 e. The summed E-state index contributed by atoms with van der Waals surface area (Å²) in [4.78, 5) is 4.46. The lowest BCUT2D eigenvalue weighted by Gasteiger charge is -2.01. The Morgan fingerprint density at radius 2 is 2.00 bits per heavy atom. The summed E-state index contributed by atoms with van der Waals surface area (Å²) in [5.41, 5.74) is 4.64. The number of hydrogen-bond donors (Lipinski definition) is 0. The van der Waals surface area contributed by atoms with Crippen LogP contribution in [0.25, 0.3) is 5.65 Å². The largest absolute Gasteiger partial charge is 0.306 e. The predicted molar refractivity (Wildman–Crippen MR) is 49.4 cm³/mol. The lowest BCUT2D eigenvalue weighted by molar-refractivity contribution is 1.02. The number of hydrogen-bond acceptors (Lipinski definition) is 1. The van der Waals surface area contributed by atoms with Crippen LogP contribution in [0.1, 0.15) is 17.0 Å². The van der Waals surface area contributed by atoms with E-state index in [4.69, 9.17) is 0 Å². The minimum absolute atomic E-state index is 1.08. The van der Waals surface area contributed by atoms with E-state index in [2.05, 4.69) is 41.6 Å². The minimum atomic E-state index is 1.08. The molecule has 0 saturated carbocycles. The fourth-order valence-electron chi connectivity index (χ4n) is 1.52. The first-order valence-electron chi connectivity index (χ1n) is 4.10. The van der Waals surface area contributed by atoms with Crippen molar-refractivity contribution in [3.05, 3.63) is 35.3 Å². The average Bonchev–Trinajstić information content (AvgIpc) is 2.33. The second-order valence-corrected chi connectivity index (χ2v) is 3.23. The molecule has 0 amide bonds. The number of aryl methyl sites for hydroxylation is 3. The Hall–Kier alpha value is -1.31. The van der Waals surface area contributed by atoms with Gasteiger partial charge >= 0.3 is 0 Å². The Morgan fingerprint density at radius 3 is 2.75 bits per heavy atom. The van der Waals surface area contributed by atoms with Crippen LogP contribution in [0.15, 0.2) is 18.3 Å². The van der Waals surface area contributed by atoms with E-state index in [1.54, 1.807) is 0 Å². The van der Waals surface area contributed by atoms with Crippen molar-refractivity contribution < 1.29 is 0 Å². The summed E-state index contributed by atoms with van der Waals surface area (Å²) < 4.78 is 2.11. The van der Waals surface area contributed by atoms with Crippen LogP contribution in [0, 0.1) is 20.8 Å². The third-order valence-electron chi connectivity index (χ3n) is 2.13. The third-order valence-corrected chi connectivity index (χ3v) is 2.13. The van der Waals surface area contributed by atoms with Gasteiger partial charge in [0.05, 0.1) is 0 Å². The first kappa shape index (κ1) is 7.35. The lowest BCUT2D eigenvalue weighted by atomic mass is 10.3. The van der Waals surface area contributed by atoms with Gasteiger partial charge < -0.3 is 4.40 Å². The molecule has 0 aliphatic heterocycles. The maximum Gasteiger partial charge on any atom is 0.140 e. The topological polar surface area (TPSA) is 17.3 Å².